The first-order valence-electron chi connectivity index (χ1n) is 5.11. The van der Waals surface area contributed by atoms with E-state index in [0.29, 0.717) is 0 Å². The number of rotatable bonds is 3. The predicted molar refractivity (Wildman–Crippen MR) is 59.0 cm³/mol. The topological polar surface area (TPSA) is 3.24 Å². The van der Waals surface area contributed by atoms with Crippen molar-refractivity contribution in [2.24, 2.45) is 0 Å². The number of hydrogen-bond acceptors (Lipinski definition) is 1. The standard InChI is InChI=1S/C9H11F6N.C2H6/c1-5(7(10)16(3)4)6(2)8(11,12)9(13,14)15;1-2/h2H2,1,3-4H3;1-2H3/b7-5-;. The van der Waals surface area contributed by atoms with Crippen molar-refractivity contribution in [1.29, 1.82) is 0 Å². The van der Waals surface area contributed by atoms with Crippen LogP contribution in [0.4, 0.5) is 26.3 Å². The fraction of sp³-hybridized carbons (Fsp3) is 0.636. The lowest BCUT2D eigenvalue weighted by Crippen LogP contribution is -2.38. The Kier molecular flexibility index (Phi) is 7.15. The zero-order chi connectivity index (χ0) is 15.3. The third-order valence-corrected chi connectivity index (χ3v) is 1.89. The molecule has 108 valence electrons. The molecule has 0 unspecified atom stereocenters. The second-order valence-corrected chi connectivity index (χ2v) is 3.36. The van der Waals surface area contributed by atoms with Crippen molar-refractivity contribution in [1.82, 2.24) is 4.90 Å². The lowest BCUT2D eigenvalue weighted by molar-refractivity contribution is -0.263. The summed E-state index contributed by atoms with van der Waals surface area (Å²) in [5.41, 5.74) is -2.42. The molecule has 0 aromatic carbocycles. The minimum Gasteiger partial charge on any atom is -0.354 e. The van der Waals surface area contributed by atoms with Gasteiger partial charge in [0.2, 0.25) is 0 Å². The summed E-state index contributed by atoms with van der Waals surface area (Å²) >= 11 is 0. The normalized spacial score (nSPS) is 13.3. The quantitative estimate of drug-likeness (QED) is 0.416. The Bertz CT molecular complexity index is 314. The van der Waals surface area contributed by atoms with Gasteiger partial charge in [0.25, 0.3) is 0 Å². The van der Waals surface area contributed by atoms with Gasteiger partial charge in [0.15, 0.2) is 5.95 Å². The van der Waals surface area contributed by atoms with E-state index < -0.39 is 29.2 Å². The zero-order valence-corrected chi connectivity index (χ0v) is 10.9. The minimum absolute atomic E-state index is 0.785. The predicted octanol–water partition coefficient (Wildman–Crippen LogP) is 4.53. The molecule has 0 aliphatic heterocycles. The van der Waals surface area contributed by atoms with Gasteiger partial charge < -0.3 is 4.90 Å². The molecule has 18 heavy (non-hydrogen) atoms. The molecular formula is C11H17F6N. The molecule has 1 nitrogen and oxygen atoms in total. The van der Waals surface area contributed by atoms with E-state index in [1.54, 1.807) is 0 Å². The Hall–Kier alpha value is -1.14. The highest BCUT2D eigenvalue weighted by molar-refractivity contribution is 5.35. The molecule has 0 atom stereocenters. The first-order chi connectivity index (χ1) is 7.93. The van der Waals surface area contributed by atoms with Gasteiger partial charge >= 0.3 is 12.1 Å². The van der Waals surface area contributed by atoms with Gasteiger partial charge in [-0.05, 0) is 6.92 Å². The van der Waals surface area contributed by atoms with E-state index in [9.17, 15) is 26.3 Å². The number of alkyl halides is 5. The van der Waals surface area contributed by atoms with E-state index in [2.05, 4.69) is 6.58 Å². The molecule has 0 heterocycles. The van der Waals surface area contributed by atoms with Gasteiger partial charge in [-0.15, -0.1) is 0 Å². The van der Waals surface area contributed by atoms with E-state index in [-0.39, 0.29) is 0 Å². The zero-order valence-electron chi connectivity index (χ0n) is 10.9. The van der Waals surface area contributed by atoms with Gasteiger partial charge in [-0.2, -0.15) is 26.3 Å². The largest absolute Gasteiger partial charge is 0.458 e. The van der Waals surface area contributed by atoms with E-state index in [1.165, 1.54) is 14.1 Å². The highest BCUT2D eigenvalue weighted by atomic mass is 19.4. The van der Waals surface area contributed by atoms with Crippen LogP contribution in [0.15, 0.2) is 23.7 Å². The highest BCUT2D eigenvalue weighted by Gasteiger charge is 2.59. The Morgan fingerprint density at radius 1 is 1.00 bits per heavy atom. The molecule has 0 rings (SSSR count). The summed E-state index contributed by atoms with van der Waals surface area (Å²) in [4.78, 5) is 0.785. The van der Waals surface area contributed by atoms with Gasteiger partial charge in [-0.25, -0.2) is 0 Å². The molecule has 0 N–H and O–H groups in total. The van der Waals surface area contributed by atoms with Crippen molar-refractivity contribution in [3.63, 3.8) is 0 Å². The molecule has 0 radical (unpaired) electrons. The first kappa shape index (κ1) is 19.2. The molecule has 0 aliphatic rings. The Morgan fingerprint density at radius 2 is 1.33 bits per heavy atom. The SMILES string of the molecule is C=C(/C(C)=C(/F)N(C)C)C(F)(F)C(F)(F)F.CC. The third kappa shape index (κ3) is 4.27. The number of allylic oxidation sites excluding steroid dienone is 2. The number of halogens is 6. The van der Waals surface area contributed by atoms with Gasteiger partial charge in [-0.3, -0.25) is 0 Å². The van der Waals surface area contributed by atoms with Crippen LogP contribution in [0.1, 0.15) is 20.8 Å². The molecule has 0 amide bonds. The Morgan fingerprint density at radius 3 is 1.56 bits per heavy atom. The van der Waals surface area contributed by atoms with Crippen LogP contribution in [0.5, 0.6) is 0 Å². The third-order valence-electron chi connectivity index (χ3n) is 1.89. The molecule has 0 aromatic heterocycles. The average Bonchev–Trinajstić information content (AvgIpc) is 2.27. The Balaban J connectivity index is 0. The molecule has 0 aromatic rings. The fourth-order valence-corrected chi connectivity index (χ4v) is 0.866. The first-order valence-corrected chi connectivity index (χ1v) is 5.11. The number of hydrogen-bond donors (Lipinski definition) is 0. The van der Waals surface area contributed by atoms with E-state index >= 15 is 0 Å². The second kappa shape index (κ2) is 6.70. The molecule has 7 heteroatoms. The number of nitrogens with zero attached hydrogens (tertiary/aromatic N) is 1. The summed E-state index contributed by atoms with van der Waals surface area (Å²) in [7, 11) is 2.36. The van der Waals surface area contributed by atoms with Crippen LogP contribution in [0.25, 0.3) is 0 Å². The van der Waals surface area contributed by atoms with E-state index in [4.69, 9.17) is 0 Å². The summed E-state index contributed by atoms with van der Waals surface area (Å²) in [5.74, 6) is -6.32. The van der Waals surface area contributed by atoms with Crippen molar-refractivity contribution >= 4 is 0 Å². The van der Waals surface area contributed by atoms with Gasteiger partial charge in [0, 0.05) is 25.2 Å². The van der Waals surface area contributed by atoms with Gasteiger partial charge in [-0.1, -0.05) is 20.4 Å². The van der Waals surface area contributed by atoms with E-state index in [1.807, 2.05) is 13.8 Å². The fourth-order valence-electron chi connectivity index (χ4n) is 0.866. The lowest BCUT2D eigenvalue weighted by Gasteiger charge is -2.23. The minimum atomic E-state index is -5.78. The van der Waals surface area contributed by atoms with Crippen molar-refractivity contribution < 1.29 is 26.3 Å². The van der Waals surface area contributed by atoms with Crippen LogP contribution in [0, 0.1) is 0 Å². The maximum absolute atomic E-state index is 13.1. The maximum atomic E-state index is 13.1. The second-order valence-electron chi connectivity index (χ2n) is 3.36. The molecular weight excluding hydrogens is 260 g/mol. The van der Waals surface area contributed by atoms with Crippen LogP contribution in [-0.2, 0) is 0 Å². The van der Waals surface area contributed by atoms with Crippen molar-refractivity contribution in [2.45, 2.75) is 32.9 Å². The average molecular weight is 277 g/mol. The molecule has 0 saturated carbocycles. The monoisotopic (exact) mass is 277 g/mol. The van der Waals surface area contributed by atoms with Gasteiger partial charge in [0.1, 0.15) is 0 Å². The smallest absolute Gasteiger partial charge is 0.354 e. The van der Waals surface area contributed by atoms with Crippen LogP contribution in [0.3, 0.4) is 0 Å². The van der Waals surface area contributed by atoms with Crippen molar-refractivity contribution in [3.05, 3.63) is 23.7 Å². The summed E-state index contributed by atoms with van der Waals surface area (Å²) in [6, 6.07) is 0. The maximum Gasteiger partial charge on any atom is 0.458 e. The molecule has 0 spiro atoms. The molecule has 0 fully saturated rings. The van der Waals surface area contributed by atoms with Crippen molar-refractivity contribution in [3.8, 4) is 0 Å². The highest BCUT2D eigenvalue weighted by Crippen LogP contribution is 2.43. The van der Waals surface area contributed by atoms with Crippen LogP contribution in [0.2, 0.25) is 0 Å². The summed E-state index contributed by atoms with van der Waals surface area (Å²) in [6.07, 6.45) is -5.78. The van der Waals surface area contributed by atoms with Gasteiger partial charge in [0.05, 0.1) is 0 Å². The lowest BCUT2D eigenvalue weighted by atomic mass is 10.0. The van der Waals surface area contributed by atoms with E-state index in [0.717, 1.165) is 11.8 Å². The molecule has 0 bridgehead atoms. The summed E-state index contributed by atoms with van der Waals surface area (Å²) < 4.78 is 74.5. The molecule has 0 aliphatic carbocycles. The van der Waals surface area contributed by atoms with Crippen LogP contribution < -0.4 is 0 Å². The summed E-state index contributed by atoms with van der Waals surface area (Å²) in [6.45, 7) is 7.42. The van der Waals surface area contributed by atoms with Crippen LogP contribution >= 0.6 is 0 Å². The molecule has 0 saturated heterocycles. The Labute approximate surface area is 103 Å². The van der Waals surface area contributed by atoms with Crippen LogP contribution in [-0.4, -0.2) is 31.1 Å². The summed E-state index contributed by atoms with van der Waals surface area (Å²) in [5, 5.41) is 0. The van der Waals surface area contributed by atoms with Crippen molar-refractivity contribution in [2.75, 3.05) is 14.1 Å².